The number of aromatic nitrogens is 1. The Bertz CT molecular complexity index is 852. The number of thiophene rings is 1. The fraction of sp³-hybridized carbons (Fsp3) is 0.0625. The molecule has 2 aromatic heterocycles. The molecule has 23 heavy (non-hydrogen) atoms. The molecule has 0 fully saturated rings. The van der Waals surface area contributed by atoms with Gasteiger partial charge in [-0.05, 0) is 17.5 Å². The first-order chi connectivity index (χ1) is 11.2. The fourth-order valence-electron chi connectivity index (χ4n) is 2.07. The molecule has 7 heteroatoms. The van der Waals surface area contributed by atoms with Gasteiger partial charge in [0, 0.05) is 22.7 Å². The molecule has 0 atom stereocenters. The van der Waals surface area contributed by atoms with E-state index in [1.807, 2.05) is 30.5 Å². The molecule has 0 aliphatic heterocycles. The monoisotopic (exact) mass is 326 g/mol. The summed E-state index contributed by atoms with van der Waals surface area (Å²) in [6, 6.07) is 11.3. The zero-order valence-electron chi connectivity index (χ0n) is 12.1. The smallest absolute Gasteiger partial charge is 0.261 e. The van der Waals surface area contributed by atoms with E-state index in [0.717, 1.165) is 16.5 Å². The molecule has 0 saturated heterocycles. The second-order valence-corrected chi connectivity index (χ2v) is 5.69. The summed E-state index contributed by atoms with van der Waals surface area (Å²) in [6.07, 6.45) is 3.39. The van der Waals surface area contributed by atoms with Crippen LogP contribution < -0.4 is 10.7 Å². The standard InChI is InChI=1S/C16H14N4O2S/c21-15(10-18-16(22)14-6-3-7-23-14)20-19-9-11-8-17-13-5-2-1-4-12(11)13/h1-9,17H,10H2,(H,18,22)(H,20,21)/b19-9-. The van der Waals surface area contributed by atoms with E-state index in [2.05, 4.69) is 20.8 Å². The lowest BCUT2D eigenvalue weighted by molar-refractivity contribution is -0.120. The van der Waals surface area contributed by atoms with Crippen molar-refractivity contribution in [2.45, 2.75) is 0 Å². The van der Waals surface area contributed by atoms with E-state index >= 15 is 0 Å². The molecule has 2 amide bonds. The summed E-state index contributed by atoms with van der Waals surface area (Å²) in [5, 5.41) is 9.28. The Kier molecular flexibility index (Phi) is 4.49. The summed E-state index contributed by atoms with van der Waals surface area (Å²) in [4.78, 5) is 27.1. The largest absolute Gasteiger partial charge is 0.361 e. The van der Waals surface area contributed by atoms with Crippen LogP contribution in [0.15, 0.2) is 53.1 Å². The lowest BCUT2D eigenvalue weighted by Crippen LogP contribution is -2.34. The molecule has 0 spiro atoms. The maximum Gasteiger partial charge on any atom is 0.261 e. The SMILES string of the molecule is O=C(CNC(=O)c1cccs1)N/N=C\c1c[nH]c2ccccc12. The minimum absolute atomic E-state index is 0.123. The second-order valence-electron chi connectivity index (χ2n) is 4.74. The quantitative estimate of drug-likeness (QED) is 0.495. The van der Waals surface area contributed by atoms with Crippen molar-refractivity contribution in [2.75, 3.05) is 6.54 Å². The van der Waals surface area contributed by atoms with E-state index in [4.69, 9.17) is 0 Å². The molecule has 0 radical (unpaired) electrons. The van der Waals surface area contributed by atoms with Crippen LogP contribution >= 0.6 is 11.3 Å². The lowest BCUT2D eigenvalue weighted by atomic mass is 10.2. The topological polar surface area (TPSA) is 86.3 Å². The Labute approximate surface area is 136 Å². The third kappa shape index (κ3) is 3.64. The van der Waals surface area contributed by atoms with Gasteiger partial charge < -0.3 is 10.3 Å². The van der Waals surface area contributed by atoms with Gasteiger partial charge in [-0.3, -0.25) is 9.59 Å². The van der Waals surface area contributed by atoms with Crippen molar-refractivity contribution in [1.29, 1.82) is 0 Å². The number of nitrogens with one attached hydrogen (secondary N) is 3. The van der Waals surface area contributed by atoms with Gasteiger partial charge in [0.1, 0.15) is 0 Å². The molecule has 0 unspecified atom stereocenters. The Balaban J connectivity index is 1.51. The summed E-state index contributed by atoms with van der Waals surface area (Å²) in [7, 11) is 0. The highest BCUT2D eigenvalue weighted by molar-refractivity contribution is 7.12. The highest BCUT2D eigenvalue weighted by Gasteiger charge is 2.08. The highest BCUT2D eigenvalue weighted by Crippen LogP contribution is 2.15. The normalized spacial score (nSPS) is 11.0. The van der Waals surface area contributed by atoms with E-state index in [-0.39, 0.29) is 18.4 Å². The second kappa shape index (κ2) is 6.89. The minimum atomic E-state index is -0.383. The van der Waals surface area contributed by atoms with Crippen molar-refractivity contribution in [3.63, 3.8) is 0 Å². The number of aromatic amines is 1. The summed E-state index contributed by atoms with van der Waals surface area (Å²) in [5.41, 5.74) is 4.27. The van der Waals surface area contributed by atoms with Crippen LogP contribution in [0.1, 0.15) is 15.2 Å². The molecule has 6 nitrogen and oxygen atoms in total. The van der Waals surface area contributed by atoms with Gasteiger partial charge in [-0.25, -0.2) is 5.43 Å². The number of benzene rings is 1. The van der Waals surface area contributed by atoms with E-state index in [0.29, 0.717) is 4.88 Å². The highest BCUT2D eigenvalue weighted by atomic mass is 32.1. The Morgan fingerprint density at radius 1 is 1.22 bits per heavy atom. The maximum absolute atomic E-state index is 11.7. The first-order valence-corrected chi connectivity index (χ1v) is 7.82. The number of carbonyl (C=O) groups is 2. The zero-order valence-corrected chi connectivity index (χ0v) is 12.9. The van der Waals surface area contributed by atoms with Crippen molar-refractivity contribution in [2.24, 2.45) is 5.10 Å². The van der Waals surface area contributed by atoms with Crippen molar-refractivity contribution in [3.8, 4) is 0 Å². The van der Waals surface area contributed by atoms with Gasteiger partial charge >= 0.3 is 0 Å². The molecule has 0 bridgehead atoms. The van der Waals surface area contributed by atoms with Crippen LogP contribution in [-0.2, 0) is 4.79 Å². The summed E-state index contributed by atoms with van der Waals surface area (Å²) in [5.74, 6) is -0.651. The van der Waals surface area contributed by atoms with E-state index in [1.54, 1.807) is 23.7 Å². The molecule has 1 aromatic carbocycles. The van der Waals surface area contributed by atoms with Crippen LogP contribution in [0.25, 0.3) is 10.9 Å². The third-order valence-corrected chi connectivity index (χ3v) is 4.04. The van der Waals surface area contributed by atoms with Crippen LogP contribution in [0, 0.1) is 0 Å². The van der Waals surface area contributed by atoms with Gasteiger partial charge in [0.15, 0.2) is 0 Å². The molecule has 3 N–H and O–H groups in total. The van der Waals surface area contributed by atoms with Gasteiger partial charge in [-0.15, -0.1) is 11.3 Å². The molecular formula is C16H14N4O2S. The van der Waals surface area contributed by atoms with Gasteiger partial charge in [0.2, 0.25) is 0 Å². The molecule has 0 saturated carbocycles. The van der Waals surface area contributed by atoms with Gasteiger partial charge in [0.05, 0.1) is 17.6 Å². The van der Waals surface area contributed by atoms with Crippen LogP contribution in [0.2, 0.25) is 0 Å². The van der Waals surface area contributed by atoms with Gasteiger partial charge in [-0.1, -0.05) is 24.3 Å². The van der Waals surface area contributed by atoms with E-state index in [1.165, 1.54) is 11.3 Å². The summed E-state index contributed by atoms with van der Waals surface area (Å²) < 4.78 is 0. The average molecular weight is 326 g/mol. The Morgan fingerprint density at radius 2 is 2.09 bits per heavy atom. The third-order valence-electron chi connectivity index (χ3n) is 3.17. The molecule has 0 aliphatic rings. The first-order valence-electron chi connectivity index (χ1n) is 6.94. The fourth-order valence-corrected chi connectivity index (χ4v) is 2.71. The Hall–Kier alpha value is -2.93. The maximum atomic E-state index is 11.7. The number of hydrazone groups is 1. The van der Waals surface area contributed by atoms with Crippen LogP contribution in [-0.4, -0.2) is 29.6 Å². The Morgan fingerprint density at radius 3 is 2.91 bits per heavy atom. The predicted octanol–water partition coefficient (Wildman–Crippen LogP) is 2.11. The number of nitrogens with zero attached hydrogens (tertiary/aromatic N) is 1. The number of amides is 2. The summed E-state index contributed by atoms with van der Waals surface area (Å²) in [6.45, 7) is -0.123. The molecule has 3 aromatic rings. The predicted molar refractivity (Wildman–Crippen MR) is 90.7 cm³/mol. The molecule has 3 rings (SSSR count). The number of H-pyrrole nitrogens is 1. The number of carbonyl (C=O) groups excluding carboxylic acids is 2. The molecule has 0 aliphatic carbocycles. The zero-order chi connectivity index (χ0) is 16.1. The number of hydrogen-bond donors (Lipinski definition) is 3. The van der Waals surface area contributed by atoms with Crippen molar-refractivity contribution in [1.82, 2.24) is 15.7 Å². The van der Waals surface area contributed by atoms with E-state index < -0.39 is 0 Å². The average Bonchev–Trinajstić information content (AvgIpc) is 3.23. The number of hydrogen-bond acceptors (Lipinski definition) is 4. The number of para-hydroxylation sites is 1. The van der Waals surface area contributed by atoms with Crippen molar-refractivity contribution in [3.05, 3.63) is 58.4 Å². The number of fused-ring (bicyclic) bond motifs is 1. The molecule has 2 heterocycles. The van der Waals surface area contributed by atoms with Gasteiger partial charge in [0.25, 0.3) is 11.8 Å². The minimum Gasteiger partial charge on any atom is -0.361 e. The van der Waals surface area contributed by atoms with Crippen molar-refractivity contribution < 1.29 is 9.59 Å². The first kappa shape index (κ1) is 15.0. The van der Waals surface area contributed by atoms with Crippen LogP contribution in [0.4, 0.5) is 0 Å². The number of rotatable bonds is 5. The van der Waals surface area contributed by atoms with Gasteiger partial charge in [-0.2, -0.15) is 5.10 Å². The summed E-state index contributed by atoms with van der Waals surface area (Å²) >= 11 is 1.32. The van der Waals surface area contributed by atoms with Crippen LogP contribution in [0.3, 0.4) is 0 Å². The van der Waals surface area contributed by atoms with Crippen LogP contribution in [0.5, 0.6) is 0 Å². The van der Waals surface area contributed by atoms with E-state index in [9.17, 15) is 9.59 Å². The lowest BCUT2D eigenvalue weighted by Gasteiger charge is -2.01. The molecule has 116 valence electrons. The molecular weight excluding hydrogens is 312 g/mol. The van der Waals surface area contributed by atoms with Crippen molar-refractivity contribution >= 4 is 40.3 Å².